The summed E-state index contributed by atoms with van der Waals surface area (Å²) in [5.41, 5.74) is 1.35. The van der Waals surface area contributed by atoms with Crippen LogP contribution >= 0.6 is 0 Å². The summed E-state index contributed by atoms with van der Waals surface area (Å²) in [5, 5.41) is 0. The van der Waals surface area contributed by atoms with Crippen molar-refractivity contribution in [1.29, 1.82) is 0 Å². The van der Waals surface area contributed by atoms with Gasteiger partial charge in [0.25, 0.3) is 5.91 Å². The minimum absolute atomic E-state index is 0.213. The van der Waals surface area contributed by atoms with Gasteiger partial charge in [-0.05, 0) is 36.8 Å². The van der Waals surface area contributed by atoms with Crippen molar-refractivity contribution >= 4 is 11.9 Å². The van der Waals surface area contributed by atoms with Crippen molar-refractivity contribution < 1.29 is 23.8 Å². The summed E-state index contributed by atoms with van der Waals surface area (Å²) < 4.78 is 15.7. The van der Waals surface area contributed by atoms with Crippen LogP contribution in [-0.2, 0) is 16.1 Å². The number of benzene rings is 2. The van der Waals surface area contributed by atoms with Gasteiger partial charge in [-0.3, -0.25) is 4.79 Å². The van der Waals surface area contributed by atoms with Crippen LogP contribution in [0.5, 0.6) is 11.5 Å². The van der Waals surface area contributed by atoms with Gasteiger partial charge >= 0.3 is 5.97 Å². The number of rotatable bonds is 6. The third kappa shape index (κ3) is 4.09. The third-order valence-corrected chi connectivity index (χ3v) is 3.88. The normalized spacial score (nSPS) is 11.9. The van der Waals surface area contributed by atoms with Crippen molar-refractivity contribution in [3.05, 3.63) is 59.7 Å². The maximum atomic E-state index is 12.3. The number of fused-ring (bicyclic) bond motifs is 1. The molecular formula is C19H19NO5. The summed E-state index contributed by atoms with van der Waals surface area (Å²) in [6.07, 6.45) is 0. The average Bonchev–Trinajstić information content (AvgIpc) is 3.12. The summed E-state index contributed by atoms with van der Waals surface area (Å²) in [6.45, 7) is 2.73. The van der Waals surface area contributed by atoms with Crippen LogP contribution in [0.3, 0.4) is 0 Å². The van der Waals surface area contributed by atoms with Gasteiger partial charge < -0.3 is 19.1 Å². The van der Waals surface area contributed by atoms with Crippen molar-refractivity contribution in [2.45, 2.75) is 13.5 Å². The number of carbonyl (C=O) groups is 2. The first-order chi connectivity index (χ1) is 12.2. The van der Waals surface area contributed by atoms with Crippen LogP contribution in [0.2, 0.25) is 0 Å². The lowest BCUT2D eigenvalue weighted by Gasteiger charge is -2.21. The zero-order chi connectivity index (χ0) is 17.6. The Bertz CT molecular complexity index is 760. The number of ether oxygens (including phenoxy) is 3. The van der Waals surface area contributed by atoms with Crippen LogP contribution in [0.15, 0.2) is 48.5 Å². The molecule has 0 fully saturated rings. The van der Waals surface area contributed by atoms with Gasteiger partial charge in [0, 0.05) is 13.1 Å². The molecule has 0 aliphatic carbocycles. The Hall–Kier alpha value is -3.02. The van der Waals surface area contributed by atoms with Crippen molar-refractivity contribution in [2.24, 2.45) is 0 Å². The van der Waals surface area contributed by atoms with E-state index in [2.05, 4.69) is 0 Å². The Morgan fingerprint density at radius 3 is 2.60 bits per heavy atom. The third-order valence-electron chi connectivity index (χ3n) is 3.88. The van der Waals surface area contributed by atoms with Gasteiger partial charge in [-0.15, -0.1) is 0 Å². The molecule has 6 heteroatoms. The number of hydrogen-bond acceptors (Lipinski definition) is 5. The summed E-state index contributed by atoms with van der Waals surface area (Å²) >= 11 is 0. The molecule has 0 spiro atoms. The molecule has 0 bridgehead atoms. The second kappa shape index (κ2) is 7.70. The minimum atomic E-state index is -0.506. The van der Waals surface area contributed by atoms with E-state index in [0.717, 1.165) is 5.56 Å². The zero-order valence-electron chi connectivity index (χ0n) is 13.9. The van der Waals surface area contributed by atoms with Crippen LogP contribution in [0.25, 0.3) is 0 Å². The Morgan fingerprint density at radius 2 is 1.84 bits per heavy atom. The average molecular weight is 341 g/mol. The molecule has 6 nitrogen and oxygen atoms in total. The Balaban J connectivity index is 1.57. The van der Waals surface area contributed by atoms with E-state index in [-0.39, 0.29) is 19.3 Å². The molecule has 1 amide bonds. The van der Waals surface area contributed by atoms with Gasteiger partial charge in [0.15, 0.2) is 18.1 Å². The molecule has 0 unspecified atom stereocenters. The molecule has 0 aromatic heterocycles. The molecule has 0 saturated carbocycles. The van der Waals surface area contributed by atoms with Crippen molar-refractivity contribution in [2.75, 3.05) is 19.9 Å². The highest BCUT2D eigenvalue weighted by molar-refractivity contribution is 5.91. The zero-order valence-corrected chi connectivity index (χ0v) is 13.9. The molecule has 25 heavy (non-hydrogen) atoms. The van der Waals surface area contributed by atoms with E-state index in [4.69, 9.17) is 14.2 Å². The number of likely N-dealkylation sites (N-methyl/N-ethyl adjacent to an activating group) is 1. The molecule has 1 aliphatic rings. The predicted molar refractivity (Wildman–Crippen MR) is 90.4 cm³/mol. The number of nitrogens with zero attached hydrogens (tertiary/aromatic N) is 1. The smallest absolute Gasteiger partial charge is 0.338 e. The van der Waals surface area contributed by atoms with E-state index in [1.807, 2.05) is 31.2 Å². The maximum absolute atomic E-state index is 12.3. The highest BCUT2D eigenvalue weighted by Crippen LogP contribution is 2.32. The van der Waals surface area contributed by atoms with Crippen molar-refractivity contribution in [1.82, 2.24) is 4.90 Å². The molecule has 130 valence electrons. The maximum Gasteiger partial charge on any atom is 0.338 e. The monoisotopic (exact) mass is 341 g/mol. The molecule has 0 N–H and O–H groups in total. The SMILES string of the molecule is CCN(Cc1ccc2c(c1)OCO2)C(=O)COC(=O)c1ccccc1. The lowest BCUT2D eigenvalue weighted by atomic mass is 10.2. The highest BCUT2D eigenvalue weighted by Gasteiger charge is 2.18. The minimum Gasteiger partial charge on any atom is -0.454 e. The fraction of sp³-hybridized carbons (Fsp3) is 0.263. The van der Waals surface area contributed by atoms with E-state index < -0.39 is 5.97 Å². The molecular weight excluding hydrogens is 322 g/mol. The summed E-state index contributed by atoms with van der Waals surface area (Å²) in [5.74, 6) is 0.629. The van der Waals surface area contributed by atoms with Crippen LogP contribution in [0.1, 0.15) is 22.8 Å². The molecule has 2 aromatic carbocycles. The molecule has 0 saturated heterocycles. The van der Waals surface area contributed by atoms with E-state index >= 15 is 0 Å². The van der Waals surface area contributed by atoms with E-state index in [1.165, 1.54) is 0 Å². The molecule has 1 heterocycles. The largest absolute Gasteiger partial charge is 0.454 e. The molecule has 2 aromatic rings. The molecule has 0 atom stereocenters. The van der Waals surface area contributed by atoms with Gasteiger partial charge in [-0.25, -0.2) is 4.79 Å². The second-order valence-corrected chi connectivity index (χ2v) is 5.54. The van der Waals surface area contributed by atoms with Gasteiger partial charge in [0.1, 0.15) is 0 Å². The number of carbonyl (C=O) groups excluding carboxylic acids is 2. The van der Waals surface area contributed by atoms with Crippen molar-refractivity contribution in [3.63, 3.8) is 0 Å². The van der Waals surface area contributed by atoms with Crippen LogP contribution < -0.4 is 9.47 Å². The summed E-state index contributed by atoms with van der Waals surface area (Å²) in [7, 11) is 0. The van der Waals surface area contributed by atoms with Gasteiger partial charge in [0.05, 0.1) is 5.56 Å². The quantitative estimate of drug-likeness (QED) is 0.756. The van der Waals surface area contributed by atoms with Crippen molar-refractivity contribution in [3.8, 4) is 11.5 Å². The first kappa shape index (κ1) is 16.8. The topological polar surface area (TPSA) is 65.1 Å². The van der Waals surface area contributed by atoms with Gasteiger partial charge in [-0.1, -0.05) is 24.3 Å². The van der Waals surface area contributed by atoms with E-state index in [1.54, 1.807) is 29.2 Å². The number of hydrogen-bond donors (Lipinski definition) is 0. The summed E-state index contributed by atoms with van der Waals surface area (Å²) in [4.78, 5) is 25.9. The Morgan fingerprint density at radius 1 is 1.08 bits per heavy atom. The van der Waals surface area contributed by atoms with Crippen LogP contribution in [0, 0.1) is 0 Å². The molecule has 0 radical (unpaired) electrons. The van der Waals surface area contributed by atoms with E-state index in [9.17, 15) is 9.59 Å². The van der Waals surface area contributed by atoms with Crippen LogP contribution in [-0.4, -0.2) is 36.7 Å². The molecule has 1 aliphatic heterocycles. The second-order valence-electron chi connectivity index (χ2n) is 5.54. The first-order valence-electron chi connectivity index (χ1n) is 8.06. The van der Waals surface area contributed by atoms with Gasteiger partial charge in [-0.2, -0.15) is 0 Å². The fourth-order valence-corrected chi connectivity index (χ4v) is 2.51. The molecule has 3 rings (SSSR count). The van der Waals surface area contributed by atoms with Gasteiger partial charge in [0.2, 0.25) is 6.79 Å². The Kier molecular flexibility index (Phi) is 5.18. The van der Waals surface area contributed by atoms with Crippen LogP contribution in [0.4, 0.5) is 0 Å². The standard InChI is InChI=1S/C19H19NO5/c1-2-20(11-14-8-9-16-17(10-14)25-13-24-16)18(21)12-23-19(22)15-6-4-3-5-7-15/h3-10H,2,11-13H2,1H3. The first-order valence-corrected chi connectivity index (χ1v) is 8.06. The fourth-order valence-electron chi connectivity index (χ4n) is 2.51. The number of amides is 1. The Labute approximate surface area is 145 Å². The lowest BCUT2D eigenvalue weighted by molar-refractivity contribution is -0.134. The summed E-state index contributed by atoms with van der Waals surface area (Å²) in [6, 6.07) is 14.2. The van der Waals surface area contributed by atoms with E-state index in [0.29, 0.717) is 30.2 Å². The number of esters is 1. The predicted octanol–water partition coefficient (Wildman–Crippen LogP) is 2.62. The lowest BCUT2D eigenvalue weighted by Crippen LogP contribution is -2.34. The highest BCUT2D eigenvalue weighted by atomic mass is 16.7.